The lowest BCUT2D eigenvalue weighted by Crippen LogP contribution is -2.47. The SMILES string of the molecule is C[C@@H]1C[C@@H]2C[C@H](COB([C@@H](C)Cl)O1)C2(C)C. The van der Waals surface area contributed by atoms with Crippen molar-refractivity contribution in [2.45, 2.75) is 51.9 Å². The fourth-order valence-corrected chi connectivity index (χ4v) is 3.12. The van der Waals surface area contributed by atoms with E-state index in [9.17, 15) is 0 Å². The lowest BCUT2D eigenvalue weighted by Gasteiger charge is -2.52. The van der Waals surface area contributed by atoms with E-state index in [1.165, 1.54) is 6.42 Å². The minimum atomic E-state index is -0.244. The third-order valence-electron chi connectivity index (χ3n) is 4.49. The molecule has 0 spiro atoms. The maximum absolute atomic E-state index is 6.08. The number of hydrogen-bond acceptors (Lipinski definition) is 2. The van der Waals surface area contributed by atoms with Crippen LogP contribution < -0.4 is 0 Å². The largest absolute Gasteiger partial charge is 0.475 e. The molecule has 0 aromatic rings. The minimum absolute atomic E-state index is 0.0825. The van der Waals surface area contributed by atoms with Crippen LogP contribution in [-0.2, 0) is 9.31 Å². The van der Waals surface area contributed by atoms with Crippen molar-refractivity contribution in [3.8, 4) is 0 Å². The molecule has 2 bridgehead atoms. The van der Waals surface area contributed by atoms with Gasteiger partial charge in [0.15, 0.2) is 0 Å². The molecular weight excluding hydrogens is 222 g/mol. The number of halogens is 1. The van der Waals surface area contributed by atoms with E-state index in [0.717, 1.165) is 18.9 Å². The van der Waals surface area contributed by atoms with Gasteiger partial charge in [-0.3, -0.25) is 0 Å². The molecule has 0 aromatic carbocycles. The van der Waals surface area contributed by atoms with Gasteiger partial charge in [-0.05, 0) is 37.0 Å². The van der Waals surface area contributed by atoms with Crippen LogP contribution in [0.1, 0.15) is 40.5 Å². The summed E-state index contributed by atoms with van der Waals surface area (Å²) in [5.74, 6) is 1.45. The Kier molecular flexibility index (Phi) is 3.59. The highest BCUT2D eigenvalue weighted by Crippen LogP contribution is 2.54. The van der Waals surface area contributed by atoms with Crippen LogP contribution in [0.5, 0.6) is 0 Å². The average Bonchev–Trinajstić information content (AvgIpc) is 2.30. The Morgan fingerprint density at radius 2 is 2.00 bits per heavy atom. The van der Waals surface area contributed by atoms with Crippen LogP contribution in [0.3, 0.4) is 0 Å². The first-order valence-corrected chi connectivity index (χ1v) is 6.76. The fraction of sp³-hybridized carbons (Fsp3) is 1.00. The molecule has 2 heterocycles. The minimum Gasteiger partial charge on any atom is -0.410 e. The molecule has 4 atom stereocenters. The quantitative estimate of drug-likeness (QED) is 0.521. The van der Waals surface area contributed by atoms with Gasteiger partial charge in [-0.25, -0.2) is 0 Å². The molecule has 2 saturated heterocycles. The van der Waals surface area contributed by atoms with E-state index in [-0.39, 0.29) is 18.5 Å². The van der Waals surface area contributed by atoms with Gasteiger partial charge in [-0.15, -0.1) is 11.6 Å². The molecule has 0 radical (unpaired) electrons. The van der Waals surface area contributed by atoms with Crippen molar-refractivity contribution >= 4 is 18.7 Å². The van der Waals surface area contributed by atoms with Gasteiger partial charge >= 0.3 is 7.12 Å². The van der Waals surface area contributed by atoms with E-state index < -0.39 is 0 Å². The molecule has 0 amide bonds. The van der Waals surface area contributed by atoms with Crippen molar-refractivity contribution in [1.29, 1.82) is 0 Å². The number of fused-ring (bicyclic) bond motifs is 5. The zero-order valence-corrected chi connectivity index (χ0v) is 11.5. The van der Waals surface area contributed by atoms with Gasteiger partial charge in [-0.2, -0.15) is 0 Å². The van der Waals surface area contributed by atoms with Gasteiger partial charge in [-0.1, -0.05) is 20.8 Å². The molecular formula is C12H22BClO2. The summed E-state index contributed by atoms with van der Waals surface area (Å²) in [6.45, 7) is 9.56. The molecule has 16 heavy (non-hydrogen) atoms. The standard InChI is InChI=1S/C12H22BClO2/c1-8-5-10-6-11(12(10,3)4)7-15-13(16-8)9(2)14/h8-11H,5-7H2,1-4H3/t8-,9-,10-,11-/m1/s1. The fourth-order valence-electron chi connectivity index (χ4n) is 2.98. The molecule has 1 aliphatic carbocycles. The van der Waals surface area contributed by atoms with Gasteiger partial charge < -0.3 is 9.31 Å². The summed E-state index contributed by atoms with van der Waals surface area (Å²) >= 11 is 6.08. The third kappa shape index (κ3) is 2.27. The third-order valence-corrected chi connectivity index (χ3v) is 4.70. The Labute approximate surface area is 104 Å². The highest BCUT2D eigenvalue weighted by atomic mass is 35.5. The smallest absolute Gasteiger partial charge is 0.410 e. The normalized spacial score (nSPS) is 40.3. The lowest BCUT2D eigenvalue weighted by atomic mass is 9.54. The summed E-state index contributed by atoms with van der Waals surface area (Å²) in [6.07, 6.45) is 2.66. The molecule has 0 unspecified atom stereocenters. The second-order valence-electron chi connectivity index (χ2n) is 6.01. The molecule has 92 valence electrons. The molecule has 4 heteroatoms. The topological polar surface area (TPSA) is 18.5 Å². The second kappa shape index (κ2) is 4.51. The van der Waals surface area contributed by atoms with Crippen LogP contribution in [-0.4, -0.2) is 25.1 Å². The monoisotopic (exact) mass is 244 g/mol. The van der Waals surface area contributed by atoms with E-state index in [0.29, 0.717) is 11.3 Å². The first-order chi connectivity index (χ1) is 7.41. The highest BCUT2D eigenvalue weighted by molar-refractivity contribution is 6.59. The Balaban J connectivity index is 2.06. The van der Waals surface area contributed by atoms with Crippen LogP contribution in [0.2, 0.25) is 0 Å². The molecule has 1 saturated carbocycles. The van der Waals surface area contributed by atoms with Crippen molar-refractivity contribution in [2.24, 2.45) is 17.3 Å². The molecule has 3 aliphatic rings. The van der Waals surface area contributed by atoms with Crippen molar-refractivity contribution in [3.63, 3.8) is 0 Å². The maximum Gasteiger partial charge on any atom is 0.475 e. The van der Waals surface area contributed by atoms with Crippen LogP contribution in [0.4, 0.5) is 0 Å². The highest BCUT2D eigenvalue weighted by Gasteiger charge is 2.49. The Morgan fingerprint density at radius 3 is 2.56 bits per heavy atom. The number of hydrogen-bond donors (Lipinski definition) is 0. The Morgan fingerprint density at radius 1 is 1.31 bits per heavy atom. The Hall–Kier alpha value is 0.275. The summed E-state index contributed by atoms with van der Waals surface area (Å²) in [7, 11) is -0.244. The summed E-state index contributed by atoms with van der Waals surface area (Å²) in [5.41, 5.74) is 0.405. The lowest BCUT2D eigenvalue weighted by molar-refractivity contribution is -0.0509. The van der Waals surface area contributed by atoms with Crippen LogP contribution in [0.15, 0.2) is 0 Å². The van der Waals surface area contributed by atoms with E-state index >= 15 is 0 Å². The van der Waals surface area contributed by atoms with Gasteiger partial charge in [0.2, 0.25) is 0 Å². The van der Waals surface area contributed by atoms with Crippen molar-refractivity contribution in [1.82, 2.24) is 0 Å². The van der Waals surface area contributed by atoms with E-state index in [4.69, 9.17) is 20.9 Å². The molecule has 0 N–H and O–H groups in total. The summed E-state index contributed by atoms with van der Waals surface area (Å²) in [4.78, 5) is 0. The zero-order valence-electron chi connectivity index (χ0n) is 10.7. The van der Waals surface area contributed by atoms with Crippen LogP contribution in [0, 0.1) is 17.3 Å². The van der Waals surface area contributed by atoms with Crippen molar-refractivity contribution in [3.05, 3.63) is 0 Å². The molecule has 3 fully saturated rings. The number of rotatable bonds is 1. The predicted octanol–water partition coefficient (Wildman–Crippen LogP) is 3.13. The zero-order chi connectivity index (χ0) is 11.9. The summed E-state index contributed by atoms with van der Waals surface area (Å²) in [6, 6.07) is 0. The van der Waals surface area contributed by atoms with Gasteiger partial charge in [0.05, 0.1) is 5.28 Å². The first-order valence-electron chi connectivity index (χ1n) is 6.32. The second-order valence-corrected chi connectivity index (χ2v) is 6.70. The van der Waals surface area contributed by atoms with E-state index in [1.54, 1.807) is 0 Å². The van der Waals surface area contributed by atoms with Gasteiger partial charge in [0.1, 0.15) is 0 Å². The van der Waals surface area contributed by atoms with Crippen molar-refractivity contribution in [2.75, 3.05) is 6.61 Å². The summed E-state index contributed by atoms with van der Waals surface area (Å²) < 4.78 is 11.7. The van der Waals surface area contributed by atoms with Gasteiger partial charge in [0, 0.05) is 12.7 Å². The molecule has 2 nitrogen and oxygen atoms in total. The van der Waals surface area contributed by atoms with Crippen LogP contribution >= 0.6 is 11.6 Å². The molecule has 0 aromatic heterocycles. The van der Waals surface area contributed by atoms with Gasteiger partial charge in [0.25, 0.3) is 0 Å². The van der Waals surface area contributed by atoms with E-state index in [2.05, 4.69) is 20.8 Å². The van der Waals surface area contributed by atoms with Crippen molar-refractivity contribution < 1.29 is 9.31 Å². The number of alkyl halides is 1. The summed E-state index contributed by atoms with van der Waals surface area (Å²) in [5, 5.41) is -0.0825. The average molecular weight is 245 g/mol. The first kappa shape index (κ1) is 12.7. The van der Waals surface area contributed by atoms with Crippen LogP contribution in [0.25, 0.3) is 0 Å². The predicted molar refractivity (Wildman–Crippen MR) is 67.6 cm³/mol. The molecule has 3 rings (SSSR count). The van der Waals surface area contributed by atoms with E-state index in [1.807, 2.05) is 6.92 Å². The maximum atomic E-state index is 6.08. The Bertz CT molecular complexity index is 255. The molecule has 2 aliphatic heterocycles.